The van der Waals surface area contributed by atoms with Crippen molar-refractivity contribution < 1.29 is 14.3 Å². The first-order valence-corrected chi connectivity index (χ1v) is 9.40. The molecule has 2 amide bonds. The Labute approximate surface area is 170 Å². The minimum Gasteiger partial charge on any atom is -0.483 e. The fourth-order valence-corrected chi connectivity index (χ4v) is 3.09. The summed E-state index contributed by atoms with van der Waals surface area (Å²) in [4.78, 5) is 25.0. The van der Waals surface area contributed by atoms with Crippen LogP contribution in [0.25, 0.3) is 0 Å². The Kier molecular flexibility index (Phi) is 6.29. The molecule has 29 heavy (non-hydrogen) atoms. The molecule has 0 saturated carbocycles. The molecule has 5 heteroatoms. The molecule has 2 N–H and O–H groups in total. The molecule has 0 unspecified atom stereocenters. The van der Waals surface area contributed by atoms with Gasteiger partial charge in [-0.05, 0) is 61.7 Å². The highest BCUT2D eigenvalue weighted by Gasteiger charge is 2.14. The van der Waals surface area contributed by atoms with Crippen molar-refractivity contribution in [2.45, 2.75) is 20.8 Å². The number of anilines is 2. The number of hydrogen-bond donors (Lipinski definition) is 2. The van der Waals surface area contributed by atoms with Gasteiger partial charge in [0.25, 0.3) is 11.8 Å². The number of carbonyl (C=O) groups is 2. The smallest absolute Gasteiger partial charge is 0.262 e. The standard InChI is InChI=1S/C24H24N2O3/c1-16-9-7-10-17(2)23(16)29-15-22(27)26-21-14-8-13-20(18(21)3)24(28)25-19-11-5-4-6-12-19/h4-14H,15H2,1-3H3,(H,25,28)(H,26,27). The largest absolute Gasteiger partial charge is 0.483 e. The van der Waals surface area contributed by atoms with Crippen LogP contribution in [0.3, 0.4) is 0 Å². The highest BCUT2D eigenvalue weighted by molar-refractivity contribution is 6.06. The second-order valence-electron chi connectivity index (χ2n) is 6.86. The van der Waals surface area contributed by atoms with Gasteiger partial charge >= 0.3 is 0 Å². The Morgan fingerprint density at radius 1 is 0.793 bits per heavy atom. The molecule has 0 aliphatic rings. The summed E-state index contributed by atoms with van der Waals surface area (Å²) >= 11 is 0. The van der Waals surface area contributed by atoms with Gasteiger partial charge in [0.1, 0.15) is 5.75 Å². The summed E-state index contributed by atoms with van der Waals surface area (Å²) in [6, 6.07) is 20.3. The van der Waals surface area contributed by atoms with Gasteiger partial charge in [-0.25, -0.2) is 0 Å². The average molecular weight is 388 g/mol. The molecule has 3 rings (SSSR count). The Balaban J connectivity index is 1.67. The van der Waals surface area contributed by atoms with Crippen molar-refractivity contribution in [3.05, 3.63) is 89.0 Å². The molecule has 0 saturated heterocycles. The van der Waals surface area contributed by atoms with E-state index in [1.54, 1.807) is 18.2 Å². The predicted molar refractivity (Wildman–Crippen MR) is 116 cm³/mol. The lowest BCUT2D eigenvalue weighted by Crippen LogP contribution is -2.22. The Morgan fingerprint density at radius 3 is 2.14 bits per heavy atom. The zero-order valence-corrected chi connectivity index (χ0v) is 16.8. The highest BCUT2D eigenvalue weighted by atomic mass is 16.5. The van der Waals surface area contributed by atoms with E-state index in [4.69, 9.17) is 4.74 Å². The molecule has 0 heterocycles. The summed E-state index contributed by atoms with van der Waals surface area (Å²) in [5, 5.41) is 5.70. The van der Waals surface area contributed by atoms with Crippen molar-refractivity contribution in [2.24, 2.45) is 0 Å². The lowest BCUT2D eigenvalue weighted by atomic mass is 10.1. The van der Waals surface area contributed by atoms with Gasteiger partial charge in [0.15, 0.2) is 6.61 Å². The molecule has 148 valence electrons. The van der Waals surface area contributed by atoms with Crippen LogP contribution in [-0.2, 0) is 4.79 Å². The number of nitrogens with one attached hydrogen (secondary N) is 2. The Hall–Kier alpha value is -3.60. The predicted octanol–water partition coefficient (Wildman–Crippen LogP) is 4.88. The molecular weight excluding hydrogens is 364 g/mol. The van der Waals surface area contributed by atoms with E-state index in [-0.39, 0.29) is 18.4 Å². The van der Waals surface area contributed by atoms with Crippen molar-refractivity contribution in [3.8, 4) is 5.75 Å². The van der Waals surface area contributed by atoms with Crippen LogP contribution >= 0.6 is 0 Å². The molecule has 0 aromatic heterocycles. The normalized spacial score (nSPS) is 10.3. The van der Waals surface area contributed by atoms with Crippen molar-refractivity contribution in [2.75, 3.05) is 17.2 Å². The van der Waals surface area contributed by atoms with Gasteiger partial charge in [-0.15, -0.1) is 0 Å². The van der Waals surface area contributed by atoms with Crippen LogP contribution in [0, 0.1) is 20.8 Å². The van der Waals surface area contributed by atoms with Crippen LogP contribution in [0.4, 0.5) is 11.4 Å². The van der Waals surface area contributed by atoms with Crippen LogP contribution in [0.1, 0.15) is 27.0 Å². The number of ether oxygens (including phenoxy) is 1. The molecule has 0 radical (unpaired) electrons. The van der Waals surface area contributed by atoms with Crippen molar-refractivity contribution >= 4 is 23.2 Å². The lowest BCUT2D eigenvalue weighted by Gasteiger charge is -2.14. The zero-order chi connectivity index (χ0) is 20.8. The van der Waals surface area contributed by atoms with Crippen molar-refractivity contribution in [1.82, 2.24) is 0 Å². The van der Waals surface area contributed by atoms with Gasteiger partial charge in [0.05, 0.1) is 0 Å². The molecule has 5 nitrogen and oxygen atoms in total. The van der Waals surface area contributed by atoms with Gasteiger partial charge in [-0.1, -0.05) is 42.5 Å². The first kappa shape index (κ1) is 20.1. The number of benzene rings is 3. The average Bonchev–Trinajstić information content (AvgIpc) is 2.70. The van der Waals surface area contributed by atoms with E-state index in [1.165, 1.54) is 0 Å². The maximum atomic E-state index is 12.6. The molecule has 0 fully saturated rings. The second kappa shape index (κ2) is 9.06. The van der Waals surface area contributed by atoms with E-state index in [9.17, 15) is 9.59 Å². The monoisotopic (exact) mass is 388 g/mol. The molecule has 0 spiro atoms. The third-order valence-electron chi connectivity index (χ3n) is 4.64. The summed E-state index contributed by atoms with van der Waals surface area (Å²) in [6.45, 7) is 5.59. The minimum absolute atomic E-state index is 0.106. The SMILES string of the molecule is Cc1cccc(C)c1OCC(=O)Nc1cccc(C(=O)Nc2ccccc2)c1C. The Bertz CT molecular complexity index is 1010. The van der Waals surface area contributed by atoms with Gasteiger partial charge < -0.3 is 15.4 Å². The van der Waals surface area contributed by atoms with Crippen LogP contribution in [0.5, 0.6) is 5.75 Å². The first-order chi connectivity index (χ1) is 14.0. The number of para-hydroxylation sites is 2. The van der Waals surface area contributed by atoms with Gasteiger partial charge in [-0.3, -0.25) is 9.59 Å². The zero-order valence-electron chi connectivity index (χ0n) is 16.8. The van der Waals surface area contributed by atoms with E-state index in [0.717, 1.165) is 16.9 Å². The summed E-state index contributed by atoms with van der Waals surface area (Å²) in [6.07, 6.45) is 0. The molecule has 0 atom stereocenters. The van der Waals surface area contributed by atoms with E-state index in [0.29, 0.717) is 22.5 Å². The molecule has 0 aliphatic carbocycles. The molecule has 3 aromatic rings. The maximum absolute atomic E-state index is 12.6. The van der Waals surface area contributed by atoms with Crippen molar-refractivity contribution in [1.29, 1.82) is 0 Å². The minimum atomic E-state index is -0.281. The number of rotatable bonds is 6. The van der Waals surface area contributed by atoms with Crippen LogP contribution in [-0.4, -0.2) is 18.4 Å². The molecule has 0 bridgehead atoms. The molecule has 0 aliphatic heterocycles. The number of aryl methyl sites for hydroxylation is 2. The van der Waals surface area contributed by atoms with Gasteiger partial charge in [-0.2, -0.15) is 0 Å². The summed E-state index contributed by atoms with van der Waals surface area (Å²) in [7, 11) is 0. The van der Waals surface area contributed by atoms with Crippen molar-refractivity contribution in [3.63, 3.8) is 0 Å². The topological polar surface area (TPSA) is 67.4 Å². The van der Waals surface area contributed by atoms with Crippen LogP contribution in [0.2, 0.25) is 0 Å². The summed E-state index contributed by atoms with van der Waals surface area (Å²) in [5.41, 5.74) is 4.46. The number of carbonyl (C=O) groups excluding carboxylic acids is 2. The summed E-state index contributed by atoms with van der Waals surface area (Å²) < 4.78 is 5.71. The fourth-order valence-electron chi connectivity index (χ4n) is 3.09. The molecule has 3 aromatic carbocycles. The highest BCUT2D eigenvalue weighted by Crippen LogP contribution is 2.23. The van der Waals surface area contributed by atoms with E-state index >= 15 is 0 Å². The van der Waals surface area contributed by atoms with Crippen LogP contribution < -0.4 is 15.4 Å². The third kappa shape index (κ3) is 5.02. The Morgan fingerprint density at radius 2 is 1.45 bits per heavy atom. The second-order valence-corrected chi connectivity index (χ2v) is 6.86. The van der Waals surface area contributed by atoms with E-state index in [1.807, 2.05) is 69.3 Å². The third-order valence-corrected chi connectivity index (χ3v) is 4.64. The van der Waals surface area contributed by atoms with E-state index < -0.39 is 0 Å². The fraction of sp³-hybridized carbons (Fsp3) is 0.167. The maximum Gasteiger partial charge on any atom is 0.262 e. The quantitative estimate of drug-likeness (QED) is 0.632. The lowest BCUT2D eigenvalue weighted by molar-refractivity contribution is -0.118. The molecular formula is C24H24N2O3. The first-order valence-electron chi connectivity index (χ1n) is 9.40. The van der Waals surface area contributed by atoms with Gasteiger partial charge in [0, 0.05) is 16.9 Å². The van der Waals surface area contributed by atoms with Crippen LogP contribution in [0.15, 0.2) is 66.7 Å². The van der Waals surface area contributed by atoms with Gasteiger partial charge in [0.2, 0.25) is 0 Å². The number of hydrogen-bond acceptors (Lipinski definition) is 3. The number of amides is 2. The van der Waals surface area contributed by atoms with E-state index in [2.05, 4.69) is 10.6 Å². The summed E-state index contributed by atoms with van der Waals surface area (Å²) in [5.74, 6) is 0.211.